The van der Waals surface area contributed by atoms with Crippen molar-refractivity contribution in [3.63, 3.8) is 0 Å². The first-order valence-corrected chi connectivity index (χ1v) is 3.86. The predicted molar refractivity (Wildman–Crippen MR) is 43.0 cm³/mol. The Bertz CT molecular complexity index is 130. The number of rotatable bonds is 6. The SMILES string of the molecule is COC[C@@H](O)[C@H](O)[C@H](O)[C@H](O)CO. The second-order valence-electron chi connectivity index (χ2n) is 2.75. The first-order valence-electron chi connectivity index (χ1n) is 3.86. The molecule has 0 rings (SSSR count). The molecule has 0 aromatic rings. The summed E-state index contributed by atoms with van der Waals surface area (Å²) < 4.78 is 4.52. The largest absolute Gasteiger partial charge is 0.394 e. The lowest BCUT2D eigenvalue weighted by Crippen LogP contribution is -2.47. The van der Waals surface area contributed by atoms with Crippen molar-refractivity contribution in [2.45, 2.75) is 24.4 Å². The Hall–Kier alpha value is -0.240. The Labute approximate surface area is 76.0 Å². The summed E-state index contributed by atoms with van der Waals surface area (Å²) in [4.78, 5) is 0. The molecule has 0 saturated carbocycles. The Morgan fingerprint density at radius 2 is 1.46 bits per heavy atom. The molecule has 0 aliphatic carbocycles. The monoisotopic (exact) mass is 196 g/mol. The van der Waals surface area contributed by atoms with Crippen molar-refractivity contribution in [3.05, 3.63) is 0 Å². The first-order chi connectivity index (χ1) is 6.04. The Balaban J connectivity index is 3.99. The first kappa shape index (κ1) is 12.8. The number of ether oxygens (including phenoxy) is 1. The van der Waals surface area contributed by atoms with Crippen LogP contribution in [0.1, 0.15) is 0 Å². The van der Waals surface area contributed by atoms with Crippen molar-refractivity contribution in [2.24, 2.45) is 0 Å². The standard InChI is InChI=1S/C7H16O6/c1-13-3-5(10)7(12)6(11)4(9)2-8/h4-12H,2-3H2,1H3/t4-,5-,6-,7+/m1/s1. The predicted octanol–water partition coefficient (Wildman–Crippen LogP) is -2.93. The second kappa shape index (κ2) is 6.25. The van der Waals surface area contributed by atoms with Crippen molar-refractivity contribution in [3.8, 4) is 0 Å². The van der Waals surface area contributed by atoms with E-state index in [1.165, 1.54) is 7.11 Å². The van der Waals surface area contributed by atoms with Crippen LogP contribution in [-0.4, -0.2) is 70.3 Å². The van der Waals surface area contributed by atoms with Gasteiger partial charge in [-0.05, 0) is 0 Å². The van der Waals surface area contributed by atoms with Crippen LogP contribution >= 0.6 is 0 Å². The zero-order valence-electron chi connectivity index (χ0n) is 7.37. The normalized spacial score (nSPS) is 20.8. The summed E-state index contributed by atoms with van der Waals surface area (Å²) in [5, 5.41) is 44.7. The lowest BCUT2D eigenvalue weighted by atomic mass is 10.0. The quantitative estimate of drug-likeness (QED) is 0.311. The van der Waals surface area contributed by atoms with Crippen LogP contribution in [0, 0.1) is 0 Å². The van der Waals surface area contributed by atoms with Crippen LogP contribution in [0.25, 0.3) is 0 Å². The van der Waals surface area contributed by atoms with Crippen LogP contribution in [0.15, 0.2) is 0 Å². The fourth-order valence-corrected chi connectivity index (χ4v) is 0.833. The third-order valence-electron chi connectivity index (χ3n) is 1.66. The molecule has 6 nitrogen and oxygen atoms in total. The van der Waals surface area contributed by atoms with Crippen molar-refractivity contribution in [2.75, 3.05) is 20.3 Å². The second-order valence-corrected chi connectivity index (χ2v) is 2.75. The highest BCUT2D eigenvalue weighted by Crippen LogP contribution is 2.04. The van der Waals surface area contributed by atoms with Crippen LogP contribution in [0.3, 0.4) is 0 Å². The summed E-state index contributed by atoms with van der Waals surface area (Å²) in [6, 6.07) is 0. The van der Waals surface area contributed by atoms with Gasteiger partial charge in [0.1, 0.15) is 24.4 Å². The summed E-state index contributed by atoms with van der Waals surface area (Å²) in [7, 11) is 1.32. The molecule has 80 valence electrons. The molecule has 5 N–H and O–H groups in total. The van der Waals surface area contributed by atoms with Crippen LogP contribution in [0.2, 0.25) is 0 Å². The van der Waals surface area contributed by atoms with Crippen molar-refractivity contribution in [1.82, 2.24) is 0 Å². The molecule has 0 aromatic heterocycles. The van der Waals surface area contributed by atoms with Gasteiger partial charge in [-0.3, -0.25) is 0 Å². The van der Waals surface area contributed by atoms with Crippen LogP contribution in [-0.2, 0) is 4.74 Å². The van der Waals surface area contributed by atoms with E-state index in [0.29, 0.717) is 0 Å². The minimum atomic E-state index is -1.59. The highest BCUT2D eigenvalue weighted by molar-refractivity contribution is 4.80. The molecule has 0 heterocycles. The Kier molecular flexibility index (Phi) is 6.13. The van der Waals surface area contributed by atoms with Crippen molar-refractivity contribution < 1.29 is 30.3 Å². The molecule has 0 bridgehead atoms. The van der Waals surface area contributed by atoms with Gasteiger partial charge in [-0.15, -0.1) is 0 Å². The lowest BCUT2D eigenvalue weighted by molar-refractivity contribution is -0.126. The fourth-order valence-electron chi connectivity index (χ4n) is 0.833. The van der Waals surface area contributed by atoms with E-state index < -0.39 is 31.0 Å². The average Bonchev–Trinajstić information content (AvgIpc) is 2.14. The molecular formula is C7H16O6. The van der Waals surface area contributed by atoms with Crippen LogP contribution in [0.4, 0.5) is 0 Å². The van der Waals surface area contributed by atoms with Gasteiger partial charge in [0.2, 0.25) is 0 Å². The minimum Gasteiger partial charge on any atom is -0.394 e. The molecule has 0 spiro atoms. The molecule has 0 fully saturated rings. The Morgan fingerprint density at radius 1 is 1.00 bits per heavy atom. The fraction of sp³-hybridized carbons (Fsp3) is 1.00. The summed E-state index contributed by atoms with van der Waals surface area (Å²) in [6.07, 6.45) is -5.89. The smallest absolute Gasteiger partial charge is 0.111 e. The third kappa shape index (κ3) is 3.99. The van der Waals surface area contributed by atoms with Gasteiger partial charge >= 0.3 is 0 Å². The number of methoxy groups -OCH3 is 1. The van der Waals surface area contributed by atoms with E-state index in [9.17, 15) is 0 Å². The number of aliphatic hydroxyl groups is 5. The zero-order valence-corrected chi connectivity index (χ0v) is 7.37. The molecule has 6 heteroatoms. The summed E-state index contributed by atoms with van der Waals surface area (Å²) in [5.41, 5.74) is 0. The van der Waals surface area contributed by atoms with Crippen LogP contribution in [0.5, 0.6) is 0 Å². The van der Waals surface area contributed by atoms with Crippen LogP contribution < -0.4 is 0 Å². The number of hydrogen-bond donors (Lipinski definition) is 5. The van der Waals surface area contributed by atoms with E-state index in [1.54, 1.807) is 0 Å². The van der Waals surface area contributed by atoms with E-state index >= 15 is 0 Å². The average molecular weight is 196 g/mol. The van der Waals surface area contributed by atoms with Gasteiger partial charge in [0.05, 0.1) is 13.2 Å². The van der Waals surface area contributed by atoms with Gasteiger partial charge in [0.25, 0.3) is 0 Å². The minimum absolute atomic E-state index is 0.156. The molecule has 0 radical (unpaired) electrons. The highest BCUT2D eigenvalue weighted by atomic mass is 16.5. The molecule has 0 unspecified atom stereocenters. The third-order valence-corrected chi connectivity index (χ3v) is 1.66. The van der Waals surface area contributed by atoms with Gasteiger partial charge in [-0.1, -0.05) is 0 Å². The molecule has 13 heavy (non-hydrogen) atoms. The van der Waals surface area contributed by atoms with E-state index in [1.807, 2.05) is 0 Å². The van der Waals surface area contributed by atoms with E-state index in [0.717, 1.165) is 0 Å². The summed E-state index contributed by atoms with van der Waals surface area (Å²) in [5.74, 6) is 0. The Morgan fingerprint density at radius 3 is 1.85 bits per heavy atom. The molecule has 0 aromatic carbocycles. The van der Waals surface area contributed by atoms with Gasteiger partial charge in [0.15, 0.2) is 0 Å². The lowest BCUT2D eigenvalue weighted by Gasteiger charge is -2.24. The van der Waals surface area contributed by atoms with E-state index in [4.69, 9.17) is 25.5 Å². The maximum Gasteiger partial charge on any atom is 0.111 e. The van der Waals surface area contributed by atoms with Gasteiger partial charge in [0, 0.05) is 7.11 Å². The molecule has 0 saturated heterocycles. The van der Waals surface area contributed by atoms with Crippen molar-refractivity contribution in [1.29, 1.82) is 0 Å². The van der Waals surface area contributed by atoms with E-state index in [-0.39, 0.29) is 6.61 Å². The number of hydrogen-bond acceptors (Lipinski definition) is 6. The topological polar surface area (TPSA) is 110 Å². The molecule has 0 amide bonds. The van der Waals surface area contributed by atoms with Gasteiger partial charge in [-0.25, -0.2) is 0 Å². The van der Waals surface area contributed by atoms with Gasteiger partial charge in [-0.2, -0.15) is 0 Å². The molecular weight excluding hydrogens is 180 g/mol. The zero-order chi connectivity index (χ0) is 10.4. The summed E-state index contributed by atoms with van der Waals surface area (Å²) >= 11 is 0. The molecule has 4 atom stereocenters. The van der Waals surface area contributed by atoms with Gasteiger partial charge < -0.3 is 30.3 Å². The van der Waals surface area contributed by atoms with Crippen molar-refractivity contribution >= 4 is 0 Å². The molecule has 0 aliphatic rings. The maximum absolute atomic E-state index is 9.17. The highest BCUT2D eigenvalue weighted by Gasteiger charge is 2.29. The molecule has 0 aliphatic heterocycles. The summed E-state index contributed by atoms with van der Waals surface area (Å²) in [6.45, 7) is -0.839. The van der Waals surface area contributed by atoms with E-state index in [2.05, 4.69) is 4.74 Å². The number of aliphatic hydroxyl groups excluding tert-OH is 5. The maximum atomic E-state index is 9.17.